The number of rotatable bonds is 29. The van der Waals surface area contributed by atoms with Crippen molar-refractivity contribution in [3.63, 3.8) is 0 Å². The monoisotopic (exact) mass is 869 g/mol. The minimum absolute atomic E-state index is 0.104. The summed E-state index contributed by atoms with van der Waals surface area (Å²) in [4.78, 5) is 129. The minimum Gasteiger partial charge on any atom is -0.480 e. The van der Waals surface area contributed by atoms with E-state index in [-0.39, 0.29) is 57.8 Å². The Morgan fingerprint density at radius 2 is 0.443 bits per heavy atom. The van der Waals surface area contributed by atoms with Crippen LogP contribution in [0.4, 0.5) is 0 Å². The van der Waals surface area contributed by atoms with E-state index >= 15 is 0 Å². The summed E-state index contributed by atoms with van der Waals surface area (Å²) in [7, 11) is 0. The van der Waals surface area contributed by atoms with Crippen molar-refractivity contribution in [3.05, 3.63) is 0 Å². The number of carbonyl (C=O) groups is 10. The van der Waals surface area contributed by atoms with E-state index in [0.717, 1.165) is 0 Å². The van der Waals surface area contributed by atoms with Crippen LogP contribution in [-0.4, -0.2) is 125 Å². The van der Waals surface area contributed by atoms with Crippen LogP contribution in [0.2, 0.25) is 0 Å². The molecule has 0 aromatic rings. The Morgan fingerprint density at radius 3 is 0.574 bits per heavy atom. The van der Waals surface area contributed by atoms with Gasteiger partial charge in [-0.15, -0.1) is 0 Å². The molecular formula is C40H72N10O11. The third kappa shape index (κ3) is 18.4. The summed E-state index contributed by atoms with van der Waals surface area (Å²) in [5.41, 5.74) is 5.76. The van der Waals surface area contributed by atoms with Crippen LogP contribution in [0.15, 0.2) is 0 Å². The van der Waals surface area contributed by atoms with Crippen LogP contribution < -0.4 is 53.6 Å². The van der Waals surface area contributed by atoms with Crippen LogP contribution in [-0.2, 0) is 47.9 Å². The maximum Gasteiger partial charge on any atom is 0.326 e. The Labute approximate surface area is 359 Å². The van der Waals surface area contributed by atoms with E-state index in [0.29, 0.717) is 6.42 Å². The van der Waals surface area contributed by atoms with E-state index in [1.54, 1.807) is 69.2 Å². The summed E-state index contributed by atoms with van der Waals surface area (Å²) in [6, 6.07) is -10.5. The van der Waals surface area contributed by atoms with E-state index in [1.807, 2.05) is 0 Å². The number of nitrogens with two attached hydrogens (primary N) is 1. The van der Waals surface area contributed by atoms with Crippen molar-refractivity contribution < 1.29 is 53.1 Å². The largest absolute Gasteiger partial charge is 0.480 e. The van der Waals surface area contributed by atoms with E-state index in [9.17, 15) is 53.1 Å². The zero-order valence-electron chi connectivity index (χ0n) is 37.5. The van der Waals surface area contributed by atoms with Crippen molar-refractivity contribution in [1.82, 2.24) is 47.9 Å². The van der Waals surface area contributed by atoms with Crippen LogP contribution in [0.1, 0.15) is 133 Å². The number of carboxylic acids is 1. The molecule has 0 saturated heterocycles. The molecule has 0 fully saturated rings. The molecule has 0 heterocycles. The number of nitrogens with one attached hydrogen (secondary N) is 9. The quantitative estimate of drug-likeness (QED) is 0.0425. The molecule has 0 aromatic heterocycles. The lowest BCUT2D eigenvalue weighted by Gasteiger charge is -2.27. The molecule has 0 spiro atoms. The molecule has 61 heavy (non-hydrogen) atoms. The first-order valence-corrected chi connectivity index (χ1v) is 21.5. The van der Waals surface area contributed by atoms with Crippen LogP contribution in [0, 0.1) is 0 Å². The molecule has 0 aliphatic carbocycles. The Balaban J connectivity index is 5.59. The van der Waals surface area contributed by atoms with Gasteiger partial charge >= 0.3 is 5.97 Å². The van der Waals surface area contributed by atoms with Crippen molar-refractivity contribution in [3.8, 4) is 0 Å². The van der Waals surface area contributed by atoms with E-state index in [1.165, 1.54) is 0 Å². The normalized spacial score (nSPS) is 15.9. The van der Waals surface area contributed by atoms with Gasteiger partial charge in [0.25, 0.3) is 0 Å². The molecule has 0 aliphatic rings. The number of hydrogen-bond acceptors (Lipinski definition) is 11. The van der Waals surface area contributed by atoms with Crippen molar-refractivity contribution >= 4 is 59.1 Å². The molecule has 21 heteroatoms. The summed E-state index contributed by atoms with van der Waals surface area (Å²) in [6.07, 6.45) is 1.63. The fourth-order valence-electron chi connectivity index (χ4n) is 5.81. The first kappa shape index (κ1) is 55.7. The van der Waals surface area contributed by atoms with Gasteiger partial charge in [0.2, 0.25) is 53.2 Å². The minimum atomic E-state index is -1.22. The molecule has 0 aliphatic heterocycles. The highest BCUT2D eigenvalue weighted by Gasteiger charge is 2.33. The predicted octanol–water partition coefficient (Wildman–Crippen LogP) is -1.14. The number of aliphatic carboxylic acids is 1. The van der Waals surface area contributed by atoms with Gasteiger partial charge in [0.15, 0.2) is 0 Å². The second-order valence-electron chi connectivity index (χ2n) is 14.6. The highest BCUT2D eigenvalue weighted by Crippen LogP contribution is 2.05. The van der Waals surface area contributed by atoms with E-state index in [4.69, 9.17) is 5.73 Å². The molecular weight excluding hydrogens is 796 g/mol. The van der Waals surface area contributed by atoms with Gasteiger partial charge in [0, 0.05) is 0 Å². The number of carbonyl (C=O) groups excluding carboxylic acids is 9. The topological polar surface area (TPSA) is 325 Å². The molecule has 12 N–H and O–H groups in total. The van der Waals surface area contributed by atoms with Crippen molar-refractivity contribution in [2.24, 2.45) is 5.73 Å². The Morgan fingerprint density at radius 1 is 0.295 bits per heavy atom. The van der Waals surface area contributed by atoms with Crippen molar-refractivity contribution in [2.45, 2.75) is 194 Å². The van der Waals surface area contributed by atoms with Crippen LogP contribution in [0.5, 0.6) is 0 Å². The lowest BCUT2D eigenvalue weighted by atomic mass is 10.1. The smallest absolute Gasteiger partial charge is 0.326 e. The first-order chi connectivity index (χ1) is 28.8. The second kappa shape index (κ2) is 29.0. The average Bonchev–Trinajstić information content (AvgIpc) is 3.24. The van der Waals surface area contributed by atoms with Crippen molar-refractivity contribution in [1.29, 1.82) is 0 Å². The van der Waals surface area contributed by atoms with Crippen molar-refractivity contribution in [2.75, 3.05) is 0 Å². The fraction of sp³-hybridized carbons (Fsp3) is 0.750. The van der Waals surface area contributed by atoms with Gasteiger partial charge in [-0.25, -0.2) is 4.79 Å². The number of hydrogen-bond donors (Lipinski definition) is 11. The average molecular weight is 869 g/mol. The molecule has 348 valence electrons. The highest BCUT2D eigenvalue weighted by atomic mass is 16.4. The molecule has 0 bridgehead atoms. The summed E-state index contributed by atoms with van der Waals surface area (Å²) in [5, 5.41) is 32.4. The molecule has 0 unspecified atom stereocenters. The third-order valence-corrected chi connectivity index (χ3v) is 10.1. The summed E-state index contributed by atoms with van der Waals surface area (Å²) >= 11 is 0. The third-order valence-electron chi connectivity index (χ3n) is 10.1. The zero-order chi connectivity index (χ0) is 47.0. The summed E-state index contributed by atoms with van der Waals surface area (Å²) in [6.45, 7) is 16.5. The predicted molar refractivity (Wildman–Crippen MR) is 226 cm³/mol. The number of carboxylic acid groups (broad SMARTS) is 1. The van der Waals surface area contributed by atoms with Gasteiger partial charge < -0.3 is 58.7 Å². The van der Waals surface area contributed by atoms with Gasteiger partial charge in [0.1, 0.15) is 54.4 Å². The lowest BCUT2D eigenvalue weighted by Crippen LogP contribution is -2.60. The maximum absolute atomic E-state index is 13.4. The molecule has 21 nitrogen and oxygen atoms in total. The second-order valence-corrected chi connectivity index (χ2v) is 14.6. The molecule has 0 rings (SSSR count). The van der Waals surface area contributed by atoms with Gasteiger partial charge in [-0.2, -0.15) is 0 Å². The fourth-order valence-corrected chi connectivity index (χ4v) is 5.81. The van der Waals surface area contributed by atoms with Gasteiger partial charge in [0.05, 0.1) is 6.04 Å². The summed E-state index contributed by atoms with van der Waals surface area (Å²) < 4.78 is 0. The molecule has 10 atom stereocenters. The van der Waals surface area contributed by atoms with Crippen LogP contribution in [0.25, 0.3) is 0 Å². The maximum atomic E-state index is 13.4. The van der Waals surface area contributed by atoms with Crippen LogP contribution >= 0.6 is 0 Å². The Bertz CT molecular complexity index is 1510. The molecule has 0 saturated carbocycles. The standard InChI is InChI=1S/C40H72N10O11/c1-11-21(41)31(51)42-22(12-2)32(52)43-23(13-3)33(53)44-24(14-4)34(54)45-25(15-5)35(55)46-26(16-6)36(56)47-27(17-7)37(57)48-28(18-8)38(58)49-29(19-9)39(59)50-30(20-10)40(60)61/h21-30H,11-20,41H2,1-10H3,(H,42,51)(H,43,52)(H,44,53)(H,45,54)(H,46,55)(H,47,56)(H,48,57)(H,49,58)(H,50,59)(H,60,61)/t21-,22-,23-,24-,25-,26-,27-,28-,29-,30-/m0/s1. The molecule has 0 aromatic carbocycles. The zero-order valence-corrected chi connectivity index (χ0v) is 37.5. The van der Waals surface area contributed by atoms with Crippen LogP contribution in [0.3, 0.4) is 0 Å². The SMILES string of the molecule is CC[C@H](NC(=O)[C@H](CC)NC(=O)[C@H](CC)NC(=O)[C@H](CC)NC(=O)[C@H](CC)NC(=O)[C@H](CC)NC(=O)[C@H](CC)NC(=O)[C@H](CC)NC(=O)[C@H](CC)NC(=O)[C@@H](N)CC)C(=O)O. The highest BCUT2D eigenvalue weighted by molar-refractivity contribution is 5.98. The molecule has 9 amide bonds. The van der Waals surface area contributed by atoms with Gasteiger partial charge in [-0.3, -0.25) is 43.2 Å². The summed E-state index contributed by atoms with van der Waals surface area (Å²) in [5.74, 6) is -7.11. The van der Waals surface area contributed by atoms with Gasteiger partial charge in [-0.05, 0) is 64.2 Å². The lowest BCUT2D eigenvalue weighted by molar-refractivity contribution is -0.142. The molecule has 0 radical (unpaired) electrons. The van der Waals surface area contributed by atoms with E-state index < -0.39 is 120 Å². The van der Waals surface area contributed by atoms with Gasteiger partial charge in [-0.1, -0.05) is 69.2 Å². The Hall–Kier alpha value is -5.34. The first-order valence-electron chi connectivity index (χ1n) is 21.5. The Kier molecular flexibility index (Phi) is 26.5. The van der Waals surface area contributed by atoms with E-state index in [2.05, 4.69) is 47.9 Å². The number of amides is 9.